The highest BCUT2D eigenvalue weighted by molar-refractivity contribution is 5.90. The summed E-state index contributed by atoms with van der Waals surface area (Å²) < 4.78 is 0. The van der Waals surface area contributed by atoms with E-state index in [1.54, 1.807) is 6.08 Å². The number of nitrogens with zero attached hydrogens (tertiary/aromatic N) is 1. The molecule has 3 nitrogen and oxygen atoms in total. The van der Waals surface area contributed by atoms with Gasteiger partial charge >= 0.3 is 0 Å². The van der Waals surface area contributed by atoms with Gasteiger partial charge in [0.25, 0.3) is 0 Å². The number of ketones is 1. The summed E-state index contributed by atoms with van der Waals surface area (Å²) in [5.41, 5.74) is 0.970. The largest absolute Gasteiger partial charge is 0.387 e. The average Bonchev–Trinajstić information content (AvgIpc) is 2.14. The zero-order valence-electron chi connectivity index (χ0n) is 10.5. The molecule has 0 aliphatic rings. The van der Waals surface area contributed by atoms with Crippen LogP contribution >= 0.6 is 0 Å². The van der Waals surface area contributed by atoms with Gasteiger partial charge in [0.2, 0.25) is 0 Å². The Balaban J connectivity index is 3.72. The molecule has 0 aliphatic carbocycles. The van der Waals surface area contributed by atoms with E-state index in [9.17, 15) is 4.79 Å². The van der Waals surface area contributed by atoms with Crippen LogP contribution in [-0.4, -0.2) is 37.9 Å². The predicted molar refractivity (Wildman–Crippen MR) is 64.8 cm³/mol. The van der Waals surface area contributed by atoms with Crippen LogP contribution in [0.25, 0.3) is 0 Å². The molecule has 15 heavy (non-hydrogen) atoms. The molecule has 0 aliphatic heterocycles. The van der Waals surface area contributed by atoms with Gasteiger partial charge in [-0.05, 0) is 33.5 Å². The Hall–Kier alpha value is -0.830. The molecule has 0 rings (SSSR count). The van der Waals surface area contributed by atoms with Crippen molar-refractivity contribution in [2.75, 3.05) is 27.2 Å². The fourth-order valence-corrected chi connectivity index (χ4v) is 1.19. The maximum Gasteiger partial charge on any atom is 0.157 e. The van der Waals surface area contributed by atoms with Crippen molar-refractivity contribution in [2.24, 2.45) is 0 Å². The monoisotopic (exact) mass is 212 g/mol. The van der Waals surface area contributed by atoms with Gasteiger partial charge in [0.15, 0.2) is 5.78 Å². The molecule has 0 radical (unpaired) electrons. The standard InChI is InChI=1S/C12H24N2O/c1-5-6-7-12(15)10-11(2)13-8-9-14(3)4/h10,13H,5-9H2,1-4H3/b11-10-. The molecule has 0 aromatic heterocycles. The number of unbranched alkanes of at least 4 members (excludes halogenated alkanes) is 1. The van der Waals surface area contributed by atoms with Crippen LogP contribution in [0.5, 0.6) is 0 Å². The zero-order chi connectivity index (χ0) is 11.7. The summed E-state index contributed by atoms with van der Waals surface area (Å²) in [5.74, 6) is 0.228. The third-order valence-electron chi connectivity index (χ3n) is 2.12. The lowest BCUT2D eigenvalue weighted by Crippen LogP contribution is -2.25. The molecule has 3 heteroatoms. The van der Waals surface area contributed by atoms with Gasteiger partial charge < -0.3 is 10.2 Å². The molecule has 0 amide bonds. The molecule has 0 heterocycles. The first-order valence-electron chi connectivity index (χ1n) is 5.66. The number of hydrogen-bond acceptors (Lipinski definition) is 3. The molecule has 0 aromatic rings. The van der Waals surface area contributed by atoms with Gasteiger partial charge in [0, 0.05) is 25.2 Å². The maximum absolute atomic E-state index is 11.4. The molecule has 88 valence electrons. The number of carbonyl (C=O) groups excluding carboxylic acids is 1. The van der Waals surface area contributed by atoms with E-state index in [2.05, 4.69) is 17.1 Å². The van der Waals surface area contributed by atoms with E-state index in [0.717, 1.165) is 31.6 Å². The van der Waals surface area contributed by atoms with Gasteiger partial charge in [-0.1, -0.05) is 13.3 Å². The molecular formula is C12H24N2O. The van der Waals surface area contributed by atoms with Crippen LogP contribution in [0.15, 0.2) is 11.8 Å². The Morgan fingerprint density at radius 2 is 2.07 bits per heavy atom. The average molecular weight is 212 g/mol. The summed E-state index contributed by atoms with van der Waals surface area (Å²) in [4.78, 5) is 13.5. The van der Waals surface area contributed by atoms with Gasteiger partial charge in [-0.25, -0.2) is 0 Å². The highest BCUT2D eigenvalue weighted by Gasteiger charge is 1.98. The van der Waals surface area contributed by atoms with Crippen molar-refractivity contribution in [2.45, 2.75) is 33.1 Å². The molecule has 0 saturated heterocycles. The van der Waals surface area contributed by atoms with Crippen molar-refractivity contribution < 1.29 is 4.79 Å². The summed E-state index contributed by atoms with van der Waals surface area (Å²) >= 11 is 0. The number of rotatable bonds is 8. The minimum atomic E-state index is 0.228. The summed E-state index contributed by atoms with van der Waals surface area (Å²) in [7, 11) is 4.07. The summed E-state index contributed by atoms with van der Waals surface area (Å²) in [6.07, 6.45) is 4.45. The first kappa shape index (κ1) is 14.2. The van der Waals surface area contributed by atoms with Crippen LogP contribution in [-0.2, 0) is 4.79 Å². The first-order valence-corrected chi connectivity index (χ1v) is 5.66. The van der Waals surface area contributed by atoms with Crippen LogP contribution < -0.4 is 5.32 Å². The molecule has 0 saturated carbocycles. The number of carbonyl (C=O) groups is 1. The fraction of sp³-hybridized carbons (Fsp3) is 0.750. The molecule has 0 aromatic carbocycles. The predicted octanol–water partition coefficient (Wildman–Crippen LogP) is 1.80. The second kappa shape index (κ2) is 8.48. The molecule has 0 fully saturated rings. The van der Waals surface area contributed by atoms with Gasteiger partial charge in [0.1, 0.15) is 0 Å². The molecule has 0 bridgehead atoms. The third-order valence-corrected chi connectivity index (χ3v) is 2.12. The van der Waals surface area contributed by atoms with E-state index in [4.69, 9.17) is 0 Å². The highest BCUT2D eigenvalue weighted by atomic mass is 16.1. The summed E-state index contributed by atoms with van der Waals surface area (Å²) in [6, 6.07) is 0. The fourth-order valence-electron chi connectivity index (χ4n) is 1.19. The molecule has 0 spiro atoms. The molecule has 1 N–H and O–H groups in total. The van der Waals surface area contributed by atoms with Gasteiger partial charge in [-0.3, -0.25) is 4.79 Å². The highest BCUT2D eigenvalue weighted by Crippen LogP contribution is 1.98. The van der Waals surface area contributed by atoms with Crippen LogP contribution in [0.4, 0.5) is 0 Å². The lowest BCUT2D eigenvalue weighted by atomic mass is 10.1. The molecule has 0 unspecified atom stereocenters. The van der Waals surface area contributed by atoms with E-state index < -0.39 is 0 Å². The Bertz CT molecular complexity index is 210. The van der Waals surface area contributed by atoms with Crippen molar-refractivity contribution in [1.29, 1.82) is 0 Å². The normalized spacial score (nSPS) is 11.9. The van der Waals surface area contributed by atoms with Crippen molar-refractivity contribution in [3.8, 4) is 0 Å². The van der Waals surface area contributed by atoms with Crippen molar-refractivity contribution >= 4 is 5.78 Å². The Labute approximate surface area is 93.5 Å². The Morgan fingerprint density at radius 3 is 2.60 bits per heavy atom. The SMILES string of the molecule is CCCCC(=O)/C=C(/C)NCCN(C)C. The quantitative estimate of drug-likeness (QED) is 0.623. The molecule has 0 atom stereocenters. The van der Waals surface area contributed by atoms with E-state index in [-0.39, 0.29) is 5.78 Å². The van der Waals surface area contributed by atoms with Crippen molar-refractivity contribution in [3.05, 3.63) is 11.8 Å². The van der Waals surface area contributed by atoms with E-state index in [1.165, 1.54) is 0 Å². The summed E-state index contributed by atoms with van der Waals surface area (Å²) in [5, 5.41) is 3.22. The minimum Gasteiger partial charge on any atom is -0.387 e. The maximum atomic E-state index is 11.4. The van der Waals surface area contributed by atoms with Gasteiger partial charge in [0.05, 0.1) is 0 Å². The number of nitrogens with one attached hydrogen (secondary N) is 1. The van der Waals surface area contributed by atoms with Crippen LogP contribution in [0.1, 0.15) is 33.1 Å². The van der Waals surface area contributed by atoms with Crippen LogP contribution in [0.3, 0.4) is 0 Å². The van der Waals surface area contributed by atoms with Crippen LogP contribution in [0, 0.1) is 0 Å². The van der Waals surface area contributed by atoms with E-state index in [1.807, 2.05) is 21.0 Å². The second-order valence-corrected chi connectivity index (χ2v) is 4.13. The number of likely N-dealkylation sites (N-methyl/N-ethyl adjacent to an activating group) is 1. The number of hydrogen-bond donors (Lipinski definition) is 1. The van der Waals surface area contributed by atoms with Crippen molar-refractivity contribution in [3.63, 3.8) is 0 Å². The summed E-state index contributed by atoms with van der Waals surface area (Å²) in [6.45, 7) is 5.91. The third kappa shape index (κ3) is 9.47. The van der Waals surface area contributed by atoms with Gasteiger partial charge in [-0.2, -0.15) is 0 Å². The number of allylic oxidation sites excluding steroid dienone is 2. The van der Waals surface area contributed by atoms with Crippen molar-refractivity contribution in [1.82, 2.24) is 10.2 Å². The van der Waals surface area contributed by atoms with Crippen LogP contribution in [0.2, 0.25) is 0 Å². The lowest BCUT2D eigenvalue weighted by molar-refractivity contribution is -0.114. The first-order chi connectivity index (χ1) is 7.06. The Kier molecular flexibility index (Phi) is 8.01. The zero-order valence-corrected chi connectivity index (χ0v) is 10.5. The van der Waals surface area contributed by atoms with Gasteiger partial charge in [-0.15, -0.1) is 0 Å². The van der Waals surface area contributed by atoms with E-state index in [0.29, 0.717) is 6.42 Å². The smallest absolute Gasteiger partial charge is 0.157 e. The lowest BCUT2D eigenvalue weighted by Gasteiger charge is -2.11. The molecular weight excluding hydrogens is 188 g/mol. The Morgan fingerprint density at radius 1 is 1.40 bits per heavy atom. The topological polar surface area (TPSA) is 32.3 Å². The minimum absolute atomic E-state index is 0.228. The van der Waals surface area contributed by atoms with E-state index >= 15 is 0 Å². The second-order valence-electron chi connectivity index (χ2n) is 4.13.